The van der Waals surface area contributed by atoms with Gasteiger partial charge in [-0.1, -0.05) is 6.92 Å². The monoisotopic (exact) mass is 230 g/mol. The van der Waals surface area contributed by atoms with Gasteiger partial charge in [0, 0.05) is 6.42 Å². The number of aryl methyl sites for hydroxylation is 1. The molecule has 3 aromatic rings. The highest BCUT2D eigenvalue weighted by molar-refractivity contribution is 6.05. The zero-order chi connectivity index (χ0) is 12.0. The summed E-state index contributed by atoms with van der Waals surface area (Å²) in [5, 5.41) is 3.57. The van der Waals surface area contributed by atoms with Crippen molar-refractivity contribution in [2.75, 3.05) is 5.73 Å². The summed E-state index contributed by atoms with van der Waals surface area (Å²) in [4.78, 5) is 20.1. The fourth-order valence-corrected chi connectivity index (χ4v) is 1.85. The van der Waals surface area contributed by atoms with Crippen molar-refractivity contribution in [3.05, 3.63) is 28.3 Å². The maximum absolute atomic E-state index is 11.9. The largest absolute Gasteiger partial charge is 0.382 e. The summed E-state index contributed by atoms with van der Waals surface area (Å²) in [5.41, 5.74) is 6.34. The van der Waals surface area contributed by atoms with E-state index in [1.165, 1.54) is 0 Å². The van der Waals surface area contributed by atoms with E-state index >= 15 is 0 Å². The van der Waals surface area contributed by atoms with Gasteiger partial charge >= 0.3 is 0 Å². The molecule has 0 aliphatic heterocycles. The summed E-state index contributed by atoms with van der Waals surface area (Å²) in [6, 6.07) is 3.53. The molecule has 0 amide bonds. The molecule has 3 rings (SSSR count). The van der Waals surface area contributed by atoms with Gasteiger partial charge in [0.05, 0.1) is 10.9 Å². The van der Waals surface area contributed by atoms with Crippen LogP contribution in [0.3, 0.4) is 0 Å². The van der Waals surface area contributed by atoms with Crippen LogP contribution in [-0.4, -0.2) is 15.1 Å². The minimum absolute atomic E-state index is 0.333. The van der Waals surface area contributed by atoms with E-state index in [-0.39, 0.29) is 5.56 Å². The summed E-state index contributed by atoms with van der Waals surface area (Å²) < 4.78 is 5.19. The zero-order valence-electron chi connectivity index (χ0n) is 9.15. The van der Waals surface area contributed by atoms with Gasteiger partial charge in [0.25, 0.3) is 5.56 Å². The first-order valence-electron chi connectivity index (χ1n) is 5.27. The van der Waals surface area contributed by atoms with Crippen molar-refractivity contribution >= 4 is 27.7 Å². The van der Waals surface area contributed by atoms with Gasteiger partial charge < -0.3 is 10.3 Å². The SMILES string of the molecule is CCc1nc(=O)c2c(ccc3c(N)[nH]oc32)n1. The number of hydrogen-bond acceptors (Lipinski definition) is 5. The van der Waals surface area contributed by atoms with Gasteiger partial charge in [-0.05, 0) is 12.1 Å². The van der Waals surface area contributed by atoms with Crippen molar-refractivity contribution < 1.29 is 4.52 Å². The van der Waals surface area contributed by atoms with E-state index < -0.39 is 0 Å². The molecule has 6 nitrogen and oxygen atoms in total. The number of H-pyrrole nitrogens is 1. The summed E-state index contributed by atoms with van der Waals surface area (Å²) in [6.45, 7) is 1.90. The van der Waals surface area contributed by atoms with E-state index in [0.29, 0.717) is 39.9 Å². The van der Waals surface area contributed by atoms with Crippen LogP contribution < -0.4 is 11.3 Å². The van der Waals surface area contributed by atoms with Gasteiger partial charge in [-0.3, -0.25) is 4.79 Å². The number of hydrogen-bond donors (Lipinski definition) is 2. The highest BCUT2D eigenvalue weighted by Gasteiger charge is 2.13. The summed E-state index contributed by atoms with van der Waals surface area (Å²) >= 11 is 0. The van der Waals surface area contributed by atoms with Crippen molar-refractivity contribution in [2.45, 2.75) is 13.3 Å². The predicted octanol–water partition coefficient (Wildman–Crippen LogP) is 1.21. The second kappa shape index (κ2) is 3.31. The Labute approximate surface area is 95.4 Å². The Morgan fingerprint density at radius 3 is 3.00 bits per heavy atom. The molecule has 17 heavy (non-hydrogen) atoms. The number of aromatic amines is 1. The molecule has 2 heterocycles. The molecular formula is C11H10N4O2. The molecule has 2 aromatic heterocycles. The Hall–Kier alpha value is -2.37. The van der Waals surface area contributed by atoms with E-state index in [2.05, 4.69) is 15.1 Å². The van der Waals surface area contributed by atoms with Crippen LogP contribution in [0.5, 0.6) is 0 Å². The molecule has 0 saturated carbocycles. The number of nitrogens with zero attached hydrogens (tertiary/aromatic N) is 2. The molecule has 0 fully saturated rings. The van der Waals surface area contributed by atoms with Crippen LogP contribution >= 0.6 is 0 Å². The molecule has 0 bridgehead atoms. The van der Waals surface area contributed by atoms with Gasteiger partial charge in [0.1, 0.15) is 17.0 Å². The lowest BCUT2D eigenvalue weighted by Crippen LogP contribution is -2.11. The molecule has 86 valence electrons. The fraction of sp³-hybridized carbons (Fsp3) is 0.182. The lowest BCUT2D eigenvalue weighted by molar-refractivity contribution is 0.462. The molecule has 0 radical (unpaired) electrons. The number of nitrogens with one attached hydrogen (secondary N) is 1. The number of nitrogens with two attached hydrogens (primary N) is 1. The van der Waals surface area contributed by atoms with Crippen LogP contribution in [0.2, 0.25) is 0 Å². The number of aromatic nitrogens is 3. The second-order valence-electron chi connectivity index (χ2n) is 3.75. The Bertz CT molecular complexity index is 772. The minimum Gasteiger partial charge on any atom is -0.382 e. The molecule has 3 N–H and O–H groups in total. The van der Waals surface area contributed by atoms with Gasteiger partial charge in [-0.2, -0.15) is 4.98 Å². The van der Waals surface area contributed by atoms with Crippen molar-refractivity contribution in [3.63, 3.8) is 0 Å². The van der Waals surface area contributed by atoms with Crippen molar-refractivity contribution in [1.82, 2.24) is 15.1 Å². The number of fused-ring (bicyclic) bond motifs is 3. The van der Waals surface area contributed by atoms with Crippen molar-refractivity contribution in [3.8, 4) is 0 Å². The fourth-order valence-electron chi connectivity index (χ4n) is 1.85. The minimum atomic E-state index is -0.333. The third-order valence-corrected chi connectivity index (χ3v) is 2.70. The van der Waals surface area contributed by atoms with Crippen LogP contribution in [-0.2, 0) is 6.42 Å². The van der Waals surface area contributed by atoms with E-state index in [9.17, 15) is 4.79 Å². The Balaban J connectivity index is 2.55. The molecule has 0 saturated heterocycles. The van der Waals surface area contributed by atoms with Crippen LogP contribution in [0.25, 0.3) is 21.9 Å². The van der Waals surface area contributed by atoms with Gasteiger partial charge in [0.15, 0.2) is 5.58 Å². The Morgan fingerprint density at radius 2 is 2.24 bits per heavy atom. The van der Waals surface area contributed by atoms with E-state index in [1.54, 1.807) is 12.1 Å². The number of rotatable bonds is 1. The van der Waals surface area contributed by atoms with Crippen LogP contribution in [0.4, 0.5) is 5.82 Å². The molecule has 0 aliphatic rings. The predicted molar refractivity (Wildman–Crippen MR) is 63.7 cm³/mol. The Morgan fingerprint density at radius 1 is 1.41 bits per heavy atom. The van der Waals surface area contributed by atoms with Gasteiger partial charge in [-0.15, -0.1) is 0 Å². The number of nitrogen functional groups attached to an aromatic ring is 1. The molecule has 6 heteroatoms. The first-order chi connectivity index (χ1) is 8.20. The number of benzene rings is 1. The van der Waals surface area contributed by atoms with Gasteiger partial charge in [0.2, 0.25) is 0 Å². The summed E-state index contributed by atoms with van der Waals surface area (Å²) in [7, 11) is 0. The average molecular weight is 230 g/mol. The molecule has 0 atom stereocenters. The topological polar surface area (TPSA) is 97.8 Å². The highest BCUT2D eigenvalue weighted by Crippen LogP contribution is 2.25. The number of anilines is 1. The molecule has 0 unspecified atom stereocenters. The molecule has 0 aliphatic carbocycles. The smallest absolute Gasteiger partial charge is 0.284 e. The lowest BCUT2D eigenvalue weighted by atomic mass is 10.2. The lowest BCUT2D eigenvalue weighted by Gasteiger charge is -1.98. The molecule has 1 aromatic carbocycles. The standard InChI is InChI=1S/C11H10N4O2/c1-2-7-13-6-4-3-5-9(17-15-10(5)12)8(6)11(16)14-7/h3-4,15H,2,12H2,1H3. The first kappa shape index (κ1) is 9.83. The van der Waals surface area contributed by atoms with Crippen molar-refractivity contribution in [1.29, 1.82) is 0 Å². The summed E-state index contributed by atoms with van der Waals surface area (Å²) in [5.74, 6) is 0.922. The van der Waals surface area contributed by atoms with E-state index in [0.717, 1.165) is 0 Å². The second-order valence-corrected chi connectivity index (χ2v) is 3.75. The molecular weight excluding hydrogens is 220 g/mol. The van der Waals surface area contributed by atoms with Crippen molar-refractivity contribution in [2.24, 2.45) is 0 Å². The maximum atomic E-state index is 11.9. The quantitative estimate of drug-likeness (QED) is 0.654. The zero-order valence-corrected chi connectivity index (χ0v) is 9.15. The van der Waals surface area contributed by atoms with E-state index in [1.807, 2.05) is 6.92 Å². The third kappa shape index (κ3) is 1.30. The average Bonchev–Trinajstić information content (AvgIpc) is 2.70. The van der Waals surface area contributed by atoms with Crippen LogP contribution in [0, 0.1) is 0 Å². The Kier molecular flexibility index (Phi) is 1.91. The maximum Gasteiger partial charge on any atom is 0.284 e. The van der Waals surface area contributed by atoms with Crippen LogP contribution in [0.1, 0.15) is 12.7 Å². The van der Waals surface area contributed by atoms with Crippen LogP contribution in [0.15, 0.2) is 21.5 Å². The normalized spacial score (nSPS) is 11.4. The van der Waals surface area contributed by atoms with E-state index in [4.69, 9.17) is 10.3 Å². The summed E-state index contributed by atoms with van der Waals surface area (Å²) in [6.07, 6.45) is 0.621. The first-order valence-corrected chi connectivity index (χ1v) is 5.27. The molecule has 0 spiro atoms. The third-order valence-electron chi connectivity index (χ3n) is 2.70. The van der Waals surface area contributed by atoms with Gasteiger partial charge in [-0.25, -0.2) is 10.1 Å². The highest BCUT2D eigenvalue weighted by atomic mass is 16.5.